The first-order valence-electron chi connectivity index (χ1n) is 4.28. The minimum absolute atomic E-state index is 0.0114. The van der Waals surface area contributed by atoms with Gasteiger partial charge in [-0.25, -0.2) is 0 Å². The van der Waals surface area contributed by atoms with Gasteiger partial charge in [0.05, 0.1) is 12.5 Å². The molecule has 1 aliphatic rings. The second-order valence-electron chi connectivity index (χ2n) is 3.25. The predicted octanol–water partition coefficient (Wildman–Crippen LogP) is 0.705. The minimum atomic E-state index is -0.615. The SMILES string of the molecule is N#CC(N)c1ccc2c(c1)CC(=O)N2. The number of amides is 1. The summed E-state index contributed by atoms with van der Waals surface area (Å²) in [5.41, 5.74) is 8.05. The largest absolute Gasteiger partial charge is 0.326 e. The van der Waals surface area contributed by atoms with Crippen LogP contribution in [0.3, 0.4) is 0 Å². The third-order valence-corrected chi connectivity index (χ3v) is 2.25. The Morgan fingerprint density at radius 3 is 3.07 bits per heavy atom. The second kappa shape index (κ2) is 3.13. The van der Waals surface area contributed by atoms with Crippen LogP contribution in [-0.4, -0.2) is 5.91 Å². The Kier molecular flexibility index (Phi) is 1.95. The molecule has 1 aromatic carbocycles. The lowest BCUT2D eigenvalue weighted by Crippen LogP contribution is -2.07. The van der Waals surface area contributed by atoms with Gasteiger partial charge in [-0.15, -0.1) is 0 Å². The van der Waals surface area contributed by atoms with Gasteiger partial charge in [-0.3, -0.25) is 4.79 Å². The highest BCUT2D eigenvalue weighted by atomic mass is 16.1. The van der Waals surface area contributed by atoms with E-state index in [2.05, 4.69) is 5.32 Å². The minimum Gasteiger partial charge on any atom is -0.326 e. The molecule has 4 heteroatoms. The lowest BCUT2D eigenvalue weighted by molar-refractivity contribution is -0.115. The summed E-state index contributed by atoms with van der Waals surface area (Å²) < 4.78 is 0. The number of nitrogens with zero attached hydrogens (tertiary/aromatic N) is 1. The van der Waals surface area contributed by atoms with E-state index in [-0.39, 0.29) is 5.91 Å². The summed E-state index contributed by atoms with van der Waals surface area (Å²) in [5.74, 6) is -0.0114. The molecule has 0 bridgehead atoms. The van der Waals surface area contributed by atoms with Crippen LogP contribution in [0.4, 0.5) is 5.69 Å². The molecular formula is C10H9N3O. The Balaban J connectivity index is 2.38. The molecular weight excluding hydrogens is 178 g/mol. The molecule has 3 N–H and O–H groups in total. The highest BCUT2D eigenvalue weighted by Gasteiger charge is 2.18. The van der Waals surface area contributed by atoms with Crippen LogP contribution >= 0.6 is 0 Å². The molecule has 0 radical (unpaired) electrons. The van der Waals surface area contributed by atoms with Crippen LogP contribution in [0.15, 0.2) is 18.2 Å². The Hall–Kier alpha value is -1.86. The van der Waals surface area contributed by atoms with Crippen LogP contribution in [0.1, 0.15) is 17.2 Å². The van der Waals surface area contributed by atoms with Gasteiger partial charge < -0.3 is 11.1 Å². The summed E-state index contributed by atoms with van der Waals surface area (Å²) in [4.78, 5) is 11.0. The standard InChI is InChI=1S/C10H9N3O/c11-5-8(12)6-1-2-9-7(3-6)4-10(14)13-9/h1-3,8H,4,12H2,(H,13,14). The third-order valence-electron chi connectivity index (χ3n) is 2.25. The van der Waals surface area contributed by atoms with Gasteiger partial charge in [-0.05, 0) is 17.2 Å². The number of rotatable bonds is 1. The van der Waals surface area contributed by atoms with E-state index in [1.807, 2.05) is 6.07 Å². The summed E-state index contributed by atoms with van der Waals surface area (Å²) in [5, 5.41) is 11.4. The molecule has 70 valence electrons. The highest BCUT2D eigenvalue weighted by molar-refractivity contribution is 5.99. The molecule has 0 aliphatic carbocycles. The Morgan fingerprint density at radius 1 is 1.57 bits per heavy atom. The number of fused-ring (bicyclic) bond motifs is 1. The van der Waals surface area contributed by atoms with Crippen molar-refractivity contribution < 1.29 is 4.79 Å². The molecule has 14 heavy (non-hydrogen) atoms. The number of nitrogens with two attached hydrogens (primary N) is 1. The fraction of sp³-hybridized carbons (Fsp3) is 0.200. The fourth-order valence-electron chi connectivity index (χ4n) is 1.52. The van der Waals surface area contributed by atoms with Gasteiger partial charge in [-0.2, -0.15) is 5.26 Å². The Labute approximate surface area is 81.3 Å². The van der Waals surface area contributed by atoms with Crippen LogP contribution < -0.4 is 11.1 Å². The number of anilines is 1. The lowest BCUT2D eigenvalue weighted by Gasteiger charge is -2.04. The first kappa shape index (κ1) is 8.73. The maximum atomic E-state index is 11.0. The van der Waals surface area contributed by atoms with Gasteiger partial charge in [-0.1, -0.05) is 12.1 Å². The van der Waals surface area contributed by atoms with Crippen LogP contribution in [-0.2, 0) is 11.2 Å². The monoisotopic (exact) mass is 187 g/mol. The van der Waals surface area contributed by atoms with E-state index in [1.54, 1.807) is 18.2 Å². The first-order chi connectivity index (χ1) is 6.70. The number of carbonyl (C=O) groups excluding carboxylic acids is 1. The molecule has 0 saturated heterocycles. The number of carbonyl (C=O) groups is 1. The fourth-order valence-corrected chi connectivity index (χ4v) is 1.52. The summed E-state index contributed by atoms with van der Waals surface area (Å²) in [6, 6.07) is 6.69. The number of nitriles is 1. The maximum absolute atomic E-state index is 11.0. The molecule has 1 atom stereocenters. The van der Waals surface area contributed by atoms with Gasteiger partial charge in [0.25, 0.3) is 0 Å². The van der Waals surface area contributed by atoms with Crippen molar-refractivity contribution in [2.24, 2.45) is 5.73 Å². The zero-order valence-corrected chi connectivity index (χ0v) is 7.45. The molecule has 0 saturated carbocycles. The topological polar surface area (TPSA) is 78.9 Å². The van der Waals surface area contributed by atoms with E-state index in [4.69, 9.17) is 11.0 Å². The lowest BCUT2D eigenvalue weighted by atomic mass is 10.0. The van der Waals surface area contributed by atoms with Gasteiger partial charge in [0, 0.05) is 5.69 Å². The summed E-state index contributed by atoms with van der Waals surface area (Å²) in [6.45, 7) is 0. The number of nitrogens with one attached hydrogen (secondary N) is 1. The number of hydrogen-bond acceptors (Lipinski definition) is 3. The second-order valence-corrected chi connectivity index (χ2v) is 3.25. The van der Waals surface area contributed by atoms with Gasteiger partial charge in [0.2, 0.25) is 5.91 Å². The van der Waals surface area contributed by atoms with Crippen LogP contribution in [0.25, 0.3) is 0 Å². The van der Waals surface area contributed by atoms with E-state index >= 15 is 0 Å². The molecule has 0 aromatic heterocycles. The van der Waals surface area contributed by atoms with Gasteiger partial charge in [0.1, 0.15) is 6.04 Å². The highest BCUT2D eigenvalue weighted by Crippen LogP contribution is 2.25. The van der Waals surface area contributed by atoms with Crippen molar-refractivity contribution in [3.05, 3.63) is 29.3 Å². The summed E-state index contributed by atoms with van der Waals surface area (Å²) in [7, 11) is 0. The molecule has 1 amide bonds. The summed E-state index contributed by atoms with van der Waals surface area (Å²) >= 11 is 0. The molecule has 1 unspecified atom stereocenters. The van der Waals surface area contributed by atoms with Crippen molar-refractivity contribution in [1.82, 2.24) is 0 Å². The van der Waals surface area contributed by atoms with Crippen molar-refractivity contribution in [1.29, 1.82) is 5.26 Å². The van der Waals surface area contributed by atoms with Crippen LogP contribution in [0.5, 0.6) is 0 Å². The van der Waals surface area contributed by atoms with Crippen LogP contribution in [0.2, 0.25) is 0 Å². The smallest absolute Gasteiger partial charge is 0.228 e. The summed E-state index contributed by atoms with van der Waals surface area (Å²) in [6.07, 6.45) is 0.376. The Bertz CT molecular complexity index is 433. The molecule has 1 aromatic rings. The van der Waals surface area contributed by atoms with E-state index in [1.165, 1.54) is 0 Å². The van der Waals surface area contributed by atoms with Crippen molar-refractivity contribution in [3.8, 4) is 6.07 Å². The van der Waals surface area contributed by atoms with E-state index < -0.39 is 6.04 Å². The molecule has 4 nitrogen and oxygen atoms in total. The van der Waals surface area contributed by atoms with E-state index in [9.17, 15) is 4.79 Å². The first-order valence-corrected chi connectivity index (χ1v) is 4.28. The average molecular weight is 187 g/mol. The number of hydrogen-bond donors (Lipinski definition) is 2. The molecule has 2 rings (SSSR count). The zero-order chi connectivity index (χ0) is 10.1. The predicted molar refractivity (Wildman–Crippen MR) is 51.3 cm³/mol. The van der Waals surface area contributed by atoms with Crippen molar-refractivity contribution >= 4 is 11.6 Å². The van der Waals surface area contributed by atoms with Crippen molar-refractivity contribution in [3.63, 3.8) is 0 Å². The normalized spacial score (nSPS) is 15.6. The zero-order valence-electron chi connectivity index (χ0n) is 7.45. The van der Waals surface area contributed by atoms with Gasteiger partial charge in [0.15, 0.2) is 0 Å². The van der Waals surface area contributed by atoms with Gasteiger partial charge >= 0.3 is 0 Å². The molecule has 1 heterocycles. The third kappa shape index (κ3) is 1.34. The molecule has 0 spiro atoms. The van der Waals surface area contributed by atoms with Crippen molar-refractivity contribution in [2.75, 3.05) is 5.32 Å². The molecule has 1 aliphatic heterocycles. The quantitative estimate of drug-likeness (QED) is 0.679. The van der Waals surface area contributed by atoms with Crippen molar-refractivity contribution in [2.45, 2.75) is 12.5 Å². The average Bonchev–Trinajstić information content (AvgIpc) is 2.55. The number of benzene rings is 1. The molecule has 0 fully saturated rings. The maximum Gasteiger partial charge on any atom is 0.228 e. The van der Waals surface area contributed by atoms with Crippen LogP contribution in [0, 0.1) is 11.3 Å². The Morgan fingerprint density at radius 2 is 2.36 bits per heavy atom. The van der Waals surface area contributed by atoms with E-state index in [0.29, 0.717) is 6.42 Å². The van der Waals surface area contributed by atoms with E-state index in [0.717, 1.165) is 16.8 Å².